The van der Waals surface area contributed by atoms with Crippen molar-refractivity contribution in [2.45, 2.75) is 37.8 Å². The zero-order valence-electron chi connectivity index (χ0n) is 20.8. The van der Waals surface area contributed by atoms with Crippen molar-refractivity contribution in [3.05, 3.63) is 75.3 Å². The molecule has 1 saturated heterocycles. The number of nitrogens with one attached hydrogen (secondary N) is 1. The number of hydrogen-bond donors (Lipinski definition) is 1. The second kappa shape index (κ2) is 10.1. The van der Waals surface area contributed by atoms with E-state index in [1.54, 1.807) is 7.11 Å². The predicted molar refractivity (Wildman–Crippen MR) is 144 cm³/mol. The first kappa shape index (κ1) is 23.9. The number of aromatic nitrogens is 5. The van der Waals surface area contributed by atoms with Crippen molar-refractivity contribution in [1.29, 1.82) is 0 Å². The van der Waals surface area contributed by atoms with E-state index in [-0.39, 0.29) is 17.6 Å². The van der Waals surface area contributed by atoms with E-state index in [1.807, 2.05) is 47.1 Å². The highest BCUT2D eigenvalue weighted by molar-refractivity contribution is 6.30. The fourth-order valence-electron chi connectivity index (χ4n) is 5.73. The standard InChI is InChI=1S/C27H30ClN7O2/c1-37-22-9-10-24-18(15-22)16-23(27(36)29-24)25(26-30-31-32-35(26)20-6-2-3-7-20)34-13-11-33(12-14-34)21-8-4-5-19(28)17-21/h4-5,8-10,15-17,20,25H,2-3,6-7,11-14H2,1H3,(H,29,36)/t25-/m0/s1. The number of pyridine rings is 1. The maximum Gasteiger partial charge on any atom is 0.253 e. The largest absolute Gasteiger partial charge is 0.497 e. The zero-order valence-corrected chi connectivity index (χ0v) is 21.6. The summed E-state index contributed by atoms with van der Waals surface area (Å²) in [5.74, 6) is 1.48. The summed E-state index contributed by atoms with van der Waals surface area (Å²) in [6.45, 7) is 3.12. The third-order valence-electron chi connectivity index (χ3n) is 7.66. The van der Waals surface area contributed by atoms with E-state index in [2.05, 4.69) is 36.4 Å². The lowest BCUT2D eigenvalue weighted by Crippen LogP contribution is -2.49. The van der Waals surface area contributed by atoms with Crippen LogP contribution in [0.1, 0.15) is 49.2 Å². The molecule has 2 aromatic carbocycles. The average Bonchev–Trinajstić information content (AvgIpc) is 3.62. The number of benzene rings is 2. The molecular formula is C27H30ClN7O2. The van der Waals surface area contributed by atoms with Gasteiger partial charge in [-0.15, -0.1) is 5.10 Å². The number of aromatic amines is 1. The van der Waals surface area contributed by atoms with E-state index < -0.39 is 0 Å². The molecule has 2 fully saturated rings. The summed E-state index contributed by atoms with van der Waals surface area (Å²) < 4.78 is 7.40. The summed E-state index contributed by atoms with van der Waals surface area (Å²) in [5.41, 5.74) is 2.40. The number of halogens is 1. The summed E-state index contributed by atoms with van der Waals surface area (Å²) >= 11 is 6.25. The van der Waals surface area contributed by atoms with Crippen LogP contribution in [0.2, 0.25) is 5.02 Å². The Labute approximate surface area is 220 Å². The molecule has 2 aromatic heterocycles. The maximum absolute atomic E-state index is 13.5. The number of methoxy groups -OCH3 is 1. The van der Waals surface area contributed by atoms with Crippen molar-refractivity contribution in [2.75, 3.05) is 38.2 Å². The molecule has 1 aliphatic heterocycles. The topological polar surface area (TPSA) is 92.2 Å². The van der Waals surface area contributed by atoms with Crippen LogP contribution in [0.4, 0.5) is 5.69 Å². The Kier molecular flexibility index (Phi) is 6.56. The Morgan fingerprint density at radius 3 is 2.62 bits per heavy atom. The Balaban J connectivity index is 1.39. The zero-order chi connectivity index (χ0) is 25.4. The minimum absolute atomic E-state index is 0.124. The SMILES string of the molecule is COc1ccc2[nH]c(=O)c([C@@H](c3nnnn3C3CCCC3)N3CCN(c4cccc(Cl)c4)CC3)cc2c1. The van der Waals surface area contributed by atoms with Crippen LogP contribution >= 0.6 is 11.6 Å². The van der Waals surface area contributed by atoms with Crippen LogP contribution in [0.5, 0.6) is 5.75 Å². The summed E-state index contributed by atoms with van der Waals surface area (Å²) in [6, 6.07) is 15.5. The molecule has 0 bridgehead atoms. The molecule has 1 aliphatic carbocycles. The number of hydrogen-bond acceptors (Lipinski definition) is 7. The van der Waals surface area contributed by atoms with Crippen LogP contribution in [0.3, 0.4) is 0 Å². The normalized spacial score (nSPS) is 17.9. The van der Waals surface area contributed by atoms with Crippen molar-refractivity contribution in [3.8, 4) is 5.75 Å². The number of nitrogens with zero attached hydrogens (tertiary/aromatic N) is 6. The van der Waals surface area contributed by atoms with Crippen molar-refractivity contribution in [2.24, 2.45) is 0 Å². The summed E-state index contributed by atoms with van der Waals surface area (Å²) in [5, 5.41) is 14.6. The first-order valence-corrected chi connectivity index (χ1v) is 13.2. The molecule has 192 valence electrons. The lowest BCUT2D eigenvalue weighted by Gasteiger charge is -2.39. The van der Waals surface area contributed by atoms with Gasteiger partial charge in [0.2, 0.25) is 0 Å². The first-order valence-electron chi connectivity index (χ1n) is 12.8. The van der Waals surface area contributed by atoms with Crippen molar-refractivity contribution in [3.63, 3.8) is 0 Å². The molecule has 37 heavy (non-hydrogen) atoms. The third-order valence-corrected chi connectivity index (χ3v) is 7.90. The van der Waals surface area contributed by atoms with Gasteiger partial charge in [0.1, 0.15) is 11.8 Å². The minimum Gasteiger partial charge on any atom is -0.497 e. The molecule has 1 atom stereocenters. The van der Waals surface area contributed by atoms with Crippen molar-refractivity contribution < 1.29 is 4.74 Å². The van der Waals surface area contributed by atoms with Gasteiger partial charge in [-0.25, -0.2) is 4.68 Å². The number of H-pyrrole nitrogens is 1. The Hall–Kier alpha value is -3.43. The smallest absolute Gasteiger partial charge is 0.253 e. The highest BCUT2D eigenvalue weighted by atomic mass is 35.5. The lowest BCUT2D eigenvalue weighted by molar-refractivity contribution is 0.197. The van der Waals surface area contributed by atoms with E-state index >= 15 is 0 Å². The highest BCUT2D eigenvalue weighted by Crippen LogP contribution is 2.35. The number of piperazine rings is 1. The van der Waals surface area contributed by atoms with Gasteiger partial charge in [-0.05, 0) is 65.7 Å². The number of tetrazole rings is 1. The van der Waals surface area contributed by atoms with Gasteiger partial charge in [0.15, 0.2) is 5.82 Å². The fourth-order valence-corrected chi connectivity index (χ4v) is 5.92. The number of fused-ring (bicyclic) bond motifs is 1. The van der Waals surface area contributed by atoms with Crippen LogP contribution in [-0.2, 0) is 0 Å². The number of rotatable bonds is 6. The summed E-state index contributed by atoms with van der Waals surface area (Å²) in [7, 11) is 1.64. The maximum atomic E-state index is 13.5. The van der Waals surface area contributed by atoms with Gasteiger partial charge in [0, 0.05) is 53.4 Å². The predicted octanol–water partition coefficient (Wildman–Crippen LogP) is 4.20. The molecule has 1 saturated carbocycles. The van der Waals surface area contributed by atoms with Gasteiger partial charge in [0.05, 0.1) is 13.2 Å². The van der Waals surface area contributed by atoms with Gasteiger partial charge in [0.25, 0.3) is 5.56 Å². The van der Waals surface area contributed by atoms with Gasteiger partial charge in [-0.1, -0.05) is 30.5 Å². The molecule has 0 amide bonds. The van der Waals surface area contributed by atoms with Crippen LogP contribution in [0, 0.1) is 0 Å². The molecular weight excluding hydrogens is 490 g/mol. The van der Waals surface area contributed by atoms with Crippen LogP contribution in [-0.4, -0.2) is 63.4 Å². The third kappa shape index (κ3) is 4.69. The highest BCUT2D eigenvalue weighted by Gasteiger charge is 2.34. The monoisotopic (exact) mass is 519 g/mol. The minimum atomic E-state index is -0.364. The number of ether oxygens (including phenoxy) is 1. The molecule has 0 radical (unpaired) electrons. The van der Waals surface area contributed by atoms with E-state index in [4.69, 9.17) is 16.3 Å². The van der Waals surface area contributed by atoms with Crippen molar-refractivity contribution in [1.82, 2.24) is 30.1 Å². The molecule has 0 spiro atoms. The Morgan fingerprint density at radius 2 is 1.86 bits per heavy atom. The molecule has 10 heteroatoms. The molecule has 4 aromatic rings. The molecule has 9 nitrogen and oxygen atoms in total. The first-order chi connectivity index (χ1) is 18.1. The summed E-state index contributed by atoms with van der Waals surface area (Å²) in [4.78, 5) is 21.2. The summed E-state index contributed by atoms with van der Waals surface area (Å²) in [6.07, 6.45) is 4.45. The van der Waals surface area contributed by atoms with E-state index in [0.717, 1.165) is 72.2 Å². The van der Waals surface area contributed by atoms with Crippen LogP contribution in [0.15, 0.2) is 53.3 Å². The van der Waals surface area contributed by atoms with Crippen LogP contribution < -0.4 is 15.2 Å². The Bertz CT molecular complexity index is 1450. The second-order valence-corrected chi connectivity index (χ2v) is 10.3. The van der Waals surface area contributed by atoms with E-state index in [1.165, 1.54) is 12.8 Å². The van der Waals surface area contributed by atoms with Crippen LogP contribution in [0.25, 0.3) is 10.9 Å². The van der Waals surface area contributed by atoms with Gasteiger partial charge >= 0.3 is 0 Å². The molecule has 2 aliphatic rings. The van der Waals surface area contributed by atoms with E-state index in [0.29, 0.717) is 5.56 Å². The van der Waals surface area contributed by atoms with Crippen molar-refractivity contribution >= 4 is 28.2 Å². The average molecular weight is 520 g/mol. The fraction of sp³-hybridized carbons (Fsp3) is 0.407. The quantitative estimate of drug-likeness (QED) is 0.408. The number of anilines is 1. The molecule has 3 heterocycles. The molecule has 6 rings (SSSR count). The Morgan fingerprint density at radius 1 is 1.05 bits per heavy atom. The molecule has 1 N–H and O–H groups in total. The van der Waals surface area contributed by atoms with Gasteiger partial charge in [-0.2, -0.15) is 0 Å². The van der Waals surface area contributed by atoms with Gasteiger partial charge in [-0.3, -0.25) is 9.69 Å². The second-order valence-electron chi connectivity index (χ2n) is 9.83. The lowest BCUT2D eigenvalue weighted by atomic mass is 10.0. The van der Waals surface area contributed by atoms with E-state index in [9.17, 15) is 4.79 Å². The van der Waals surface area contributed by atoms with Gasteiger partial charge < -0.3 is 14.6 Å². The molecule has 0 unspecified atom stereocenters.